The molecule has 0 fully saturated rings. The molecule has 3 aromatic rings. The van der Waals surface area contributed by atoms with Crippen molar-refractivity contribution in [1.29, 1.82) is 0 Å². The molecule has 0 aliphatic rings. The fourth-order valence-corrected chi connectivity index (χ4v) is 1.72. The van der Waals surface area contributed by atoms with Crippen molar-refractivity contribution in [1.82, 2.24) is 15.1 Å². The van der Waals surface area contributed by atoms with Gasteiger partial charge in [-0.3, -0.25) is 0 Å². The maximum absolute atomic E-state index is 5.23. The molecule has 0 radical (unpaired) electrons. The van der Waals surface area contributed by atoms with Gasteiger partial charge in [0.05, 0.1) is 7.11 Å². The van der Waals surface area contributed by atoms with Crippen molar-refractivity contribution in [3.05, 3.63) is 48.9 Å². The van der Waals surface area contributed by atoms with Crippen molar-refractivity contribution >= 4 is 11.7 Å². The summed E-state index contributed by atoms with van der Waals surface area (Å²) in [6, 6.07) is 11.2. The summed E-state index contributed by atoms with van der Waals surface area (Å²) in [6.07, 6.45) is 3.11. The molecule has 0 aliphatic carbocycles. The number of hydrogen-bond donors (Lipinski definition) is 1. The van der Waals surface area contributed by atoms with E-state index in [0.717, 1.165) is 17.0 Å². The van der Waals surface area contributed by atoms with Crippen LogP contribution in [0.5, 0.6) is 5.75 Å². The number of nitrogens with zero attached hydrogens (tertiary/aromatic N) is 3. The van der Waals surface area contributed by atoms with Crippen LogP contribution in [0.1, 0.15) is 0 Å². The van der Waals surface area contributed by atoms with E-state index >= 15 is 0 Å². The molecule has 0 atom stereocenters. The van der Waals surface area contributed by atoms with Gasteiger partial charge < -0.3 is 14.6 Å². The maximum Gasteiger partial charge on any atom is 0.230 e. The summed E-state index contributed by atoms with van der Waals surface area (Å²) in [6.45, 7) is 0. The number of ether oxygens (including phenoxy) is 1. The Morgan fingerprint density at radius 3 is 2.70 bits per heavy atom. The summed E-state index contributed by atoms with van der Waals surface area (Å²) in [4.78, 5) is 7.90. The molecule has 20 heavy (non-hydrogen) atoms. The van der Waals surface area contributed by atoms with E-state index in [1.54, 1.807) is 19.4 Å². The highest BCUT2D eigenvalue weighted by Crippen LogP contribution is 2.25. The zero-order chi connectivity index (χ0) is 13.8. The highest BCUT2D eigenvalue weighted by molar-refractivity contribution is 5.64. The molecule has 0 aliphatic heterocycles. The zero-order valence-corrected chi connectivity index (χ0v) is 10.8. The van der Waals surface area contributed by atoms with Crippen molar-refractivity contribution in [2.75, 3.05) is 12.4 Å². The molecule has 0 saturated carbocycles. The second kappa shape index (κ2) is 5.40. The quantitative estimate of drug-likeness (QED) is 0.784. The molecule has 0 saturated heterocycles. The normalized spacial score (nSPS) is 10.2. The standard InChI is InChI=1S/C14H12N4O2/c1-19-11-4-2-10(3-5-11)12-8-14(20-18-12)17-13-6-7-15-9-16-13/h2-9H,1H3,(H,15,16,17). The average molecular weight is 268 g/mol. The molecule has 1 aromatic carbocycles. The third-order valence-corrected chi connectivity index (χ3v) is 2.73. The largest absolute Gasteiger partial charge is 0.497 e. The van der Waals surface area contributed by atoms with Crippen molar-refractivity contribution in [2.24, 2.45) is 0 Å². The number of aromatic nitrogens is 3. The number of benzene rings is 1. The number of nitrogens with one attached hydrogen (secondary N) is 1. The Labute approximate surface area is 115 Å². The molecule has 2 aromatic heterocycles. The maximum atomic E-state index is 5.23. The summed E-state index contributed by atoms with van der Waals surface area (Å²) in [5.41, 5.74) is 1.69. The molecular formula is C14H12N4O2. The third kappa shape index (κ3) is 2.59. The van der Waals surface area contributed by atoms with Gasteiger partial charge in [-0.15, -0.1) is 0 Å². The van der Waals surface area contributed by atoms with Crippen LogP contribution < -0.4 is 10.1 Å². The van der Waals surface area contributed by atoms with Crippen LogP contribution in [0.2, 0.25) is 0 Å². The van der Waals surface area contributed by atoms with Crippen LogP contribution >= 0.6 is 0 Å². The summed E-state index contributed by atoms with van der Waals surface area (Å²) in [5.74, 6) is 1.98. The number of hydrogen-bond acceptors (Lipinski definition) is 6. The van der Waals surface area contributed by atoms with Gasteiger partial charge in [0.25, 0.3) is 0 Å². The third-order valence-electron chi connectivity index (χ3n) is 2.73. The Kier molecular flexibility index (Phi) is 3.28. The van der Waals surface area contributed by atoms with E-state index in [2.05, 4.69) is 20.4 Å². The summed E-state index contributed by atoms with van der Waals surface area (Å²) in [5, 5.41) is 7.03. The minimum absolute atomic E-state index is 0.523. The van der Waals surface area contributed by atoms with Gasteiger partial charge in [0.15, 0.2) is 0 Å². The number of anilines is 2. The molecule has 2 heterocycles. The van der Waals surface area contributed by atoms with E-state index in [4.69, 9.17) is 9.26 Å². The van der Waals surface area contributed by atoms with Crippen molar-refractivity contribution < 1.29 is 9.26 Å². The minimum atomic E-state index is 0.523. The van der Waals surface area contributed by atoms with Gasteiger partial charge in [0.2, 0.25) is 5.88 Å². The lowest BCUT2D eigenvalue weighted by Crippen LogP contribution is -1.91. The van der Waals surface area contributed by atoms with E-state index in [1.807, 2.05) is 30.3 Å². The fraction of sp³-hybridized carbons (Fsp3) is 0.0714. The first-order valence-electron chi connectivity index (χ1n) is 5.99. The molecule has 0 spiro atoms. The average Bonchev–Trinajstić information content (AvgIpc) is 2.97. The topological polar surface area (TPSA) is 73.1 Å². The van der Waals surface area contributed by atoms with Crippen LogP contribution in [0.15, 0.2) is 53.4 Å². The zero-order valence-electron chi connectivity index (χ0n) is 10.8. The van der Waals surface area contributed by atoms with Gasteiger partial charge in [-0.1, -0.05) is 5.16 Å². The van der Waals surface area contributed by atoms with Crippen LogP contribution in [0.3, 0.4) is 0 Å². The lowest BCUT2D eigenvalue weighted by Gasteiger charge is -1.99. The van der Waals surface area contributed by atoms with Crippen LogP contribution in [-0.4, -0.2) is 22.2 Å². The van der Waals surface area contributed by atoms with Crippen LogP contribution in [0.4, 0.5) is 11.7 Å². The van der Waals surface area contributed by atoms with Crippen molar-refractivity contribution in [2.45, 2.75) is 0 Å². The number of rotatable bonds is 4. The van der Waals surface area contributed by atoms with Crippen LogP contribution in [-0.2, 0) is 0 Å². The van der Waals surface area contributed by atoms with E-state index in [1.165, 1.54) is 6.33 Å². The molecule has 6 heteroatoms. The van der Waals surface area contributed by atoms with Gasteiger partial charge in [0.1, 0.15) is 23.6 Å². The van der Waals surface area contributed by atoms with Gasteiger partial charge >= 0.3 is 0 Å². The van der Waals surface area contributed by atoms with Crippen LogP contribution in [0, 0.1) is 0 Å². The highest BCUT2D eigenvalue weighted by Gasteiger charge is 2.07. The molecular weight excluding hydrogens is 256 g/mol. The molecule has 0 amide bonds. The molecule has 0 unspecified atom stereocenters. The Balaban J connectivity index is 1.79. The Hall–Kier alpha value is -2.89. The molecule has 6 nitrogen and oxygen atoms in total. The first-order chi connectivity index (χ1) is 9.85. The van der Waals surface area contributed by atoms with E-state index in [9.17, 15) is 0 Å². The van der Waals surface area contributed by atoms with Crippen molar-refractivity contribution in [3.63, 3.8) is 0 Å². The van der Waals surface area contributed by atoms with Crippen LogP contribution in [0.25, 0.3) is 11.3 Å². The molecule has 3 rings (SSSR count). The van der Waals surface area contributed by atoms with Crippen molar-refractivity contribution in [3.8, 4) is 17.0 Å². The van der Waals surface area contributed by atoms with E-state index in [-0.39, 0.29) is 0 Å². The minimum Gasteiger partial charge on any atom is -0.497 e. The molecule has 1 N–H and O–H groups in total. The first kappa shape index (κ1) is 12.2. The Bertz CT molecular complexity index is 680. The van der Waals surface area contributed by atoms with E-state index < -0.39 is 0 Å². The second-order valence-electron chi connectivity index (χ2n) is 4.02. The predicted octanol–water partition coefficient (Wildman–Crippen LogP) is 2.88. The summed E-state index contributed by atoms with van der Waals surface area (Å²) in [7, 11) is 1.63. The van der Waals surface area contributed by atoms with Gasteiger partial charge in [-0.05, 0) is 30.3 Å². The van der Waals surface area contributed by atoms with E-state index in [0.29, 0.717) is 11.7 Å². The second-order valence-corrected chi connectivity index (χ2v) is 4.02. The van der Waals surface area contributed by atoms with Gasteiger partial charge in [0, 0.05) is 17.8 Å². The number of methoxy groups -OCH3 is 1. The fourth-order valence-electron chi connectivity index (χ4n) is 1.72. The monoisotopic (exact) mass is 268 g/mol. The molecule has 100 valence electrons. The van der Waals surface area contributed by atoms with Gasteiger partial charge in [-0.25, -0.2) is 9.97 Å². The SMILES string of the molecule is COc1ccc(-c2cc(Nc3ccncn3)on2)cc1. The lowest BCUT2D eigenvalue weighted by molar-refractivity contribution is 0.415. The van der Waals surface area contributed by atoms with Gasteiger partial charge in [-0.2, -0.15) is 0 Å². The smallest absolute Gasteiger partial charge is 0.230 e. The Morgan fingerprint density at radius 2 is 2.00 bits per heavy atom. The first-order valence-corrected chi connectivity index (χ1v) is 5.99. The Morgan fingerprint density at radius 1 is 1.15 bits per heavy atom. The lowest BCUT2D eigenvalue weighted by atomic mass is 10.1. The highest BCUT2D eigenvalue weighted by atomic mass is 16.5. The molecule has 0 bridgehead atoms. The summed E-state index contributed by atoms with van der Waals surface area (Å²) >= 11 is 0. The summed E-state index contributed by atoms with van der Waals surface area (Å²) < 4.78 is 10.3. The predicted molar refractivity (Wildman–Crippen MR) is 73.8 cm³/mol.